The maximum absolute atomic E-state index is 13.8. The molecule has 10 heteroatoms. The van der Waals surface area contributed by atoms with Crippen molar-refractivity contribution in [2.45, 2.75) is 130 Å². The zero-order chi connectivity index (χ0) is 40.2. The van der Waals surface area contributed by atoms with Crippen molar-refractivity contribution in [3.63, 3.8) is 0 Å². The minimum atomic E-state index is -2.68. The number of benzene rings is 3. The molecule has 2 saturated carbocycles. The van der Waals surface area contributed by atoms with E-state index in [2.05, 4.69) is 100 Å². The molecule has 4 aromatic rings. The third-order valence-electron chi connectivity index (χ3n) is 12.3. The Hall–Kier alpha value is -4.34. The van der Waals surface area contributed by atoms with Gasteiger partial charge in [0.1, 0.15) is 11.6 Å². The number of carbonyl (C=O) groups excluding carboxylic acids is 2. The largest absolute Gasteiger partial charge is 0.347 e. The lowest BCUT2D eigenvalue weighted by Crippen LogP contribution is -2.51. The molecule has 1 aliphatic heterocycles. The van der Waals surface area contributed by atoms with Gasteiger partial charge in [0.2, 0.25) is 17.8 Å². The fourth-order valence-corrected chi connectivity index (χ4v) is 8.73. The summed E-state index contributed by atoms with van der Waals surface area (Å²) in [6.45, 7) is 12.4. The van der Waals surface area contributed by atoms with Gasteiger partial charge in [-0.3, -0.25) is 14.6 Å². The lowest BCUT2D eigenvalue weighted by molar-refractivity contribution is -0.130. The zero-order valence-corrected chi connectivity index (χ0v) is 33.4. The van der Waals surface area contributed by atoms with Gasteiger partial charge in [0.25, 0.3) is 0 Å². The SMILES string of the molecule is CC(C)(C)[C@H](NC(=O)C1CCC(F)(F)CC1)C1=Nc2ccc(-c3ccc4cc(-c5cnc([C@@H](CC(=O)C6CCC(F)(F)CC6)C(C)(C)C)[nH]5)ccc4c3)cc2C1. The van der Waals surface area contributed by atoms with Crippen LogP contribution in [0.1, 0.15) is 117 Å². The van der Waals surface area contributed by atoms with Crippen molar-refractivity contribution in [1.82, 2.24) is 15.3 Å². The number of H-pyrrole nitrogens is 1. The Labute approximate surface area is 327 Å². The first-order valence-electron chi connectivity index (χ1n) is 20.1. The number of aliphatic imine (C=N–C) groups is 1. The maximum atomic E-state index is 13.8. The van der Waals surface area contributed by atoms with Crippen LogP contribution in [-0.4, -0.2) is 45.3 Å². The maximum Gasteiger partial charge on any atom is 0.248 e. The van der Waals surface area contributed by atoms with E-state index in [0.29, 0.717) is 6.42 Å². The highest BCUT2D eigenvalue weighted by molar-refractivity contribution is 6.01. The fourth-order valence-electron chi connectivity index (χ4n) is 8.73. The van der Waals surface area contributed by atoms with Gasteiger partial charge < -0.3 is 10.3 Å². The van der Waals surface area contributed by atoms with Crippen molar-refractivity contribution in [2.75, 3.05) is 0 Å². The number of aromatic nitrogens is 2. The van der Waals surface area contributed by atoms with E-state index >= 15 is 0 Å². The highest BCUT2D eigenvalue weighted by atomic mass is 19.3. The second-order valence-corrected chi connectivity index (χ2v) is 18.7. The smallest absolute Gasteiger partial charge is 0.248 e. The molecule has 298 valence electrons. The van der Waals surface area contributed by atoms with E-state index in [9.17, 15) is 27.2 Å². The predicted molar refractivity (Wildman–Crippen MR) is 215 cm³/mol. The molecule has 2 heterocycles. The van der Waals surface area contributed by atoms with Gasteiger partial charge in [-0.25, -0.2) is 22.5 Å². The number of nitrogens with one attached hydrogen (secondary N) is 2. The molecule has 7 rings (SSSR count). The highest BCUT2D eigenvalue weighted by Crippen LogP contribution is 2.43. The first-order valence-corrected chi connectivity index (χ1v) is 20.1. The molecular formula is C46H54F4N4O2. The number of hydrogen-bond acceptors (Lipinski definition) is 4. The number of rotatable bonds is 9. The average molecular weight is 771 g/mol. The first kappa shape index (κ1) is 39.9. The molecule has 1 aromatic heterocycles. The number of hydrogen-bond donors (Lipinski definition) is 2. The number of aromatic amines is 1. The van der Waals surface area contributed by atoms with Gasteiger partial charge in [0.15, 0.2) is 0 Å². The summed E-state index contributed by atoms with van der Waals surface area (Å²) in [6, 6.07) is 18.6. The normalized spacial score (nSPS) is 20.0. The van der Waals surface area contributed by atoms with Crippen LogP contribution in [0, 0.1) is 22.7 Å². The molecule has 0 bridgehead atoms. The number of nitrogens with zero attached hydrogens (tertiary/aromatic N) is 2. The number of halogens is 4. The molecule has 1 amide bonds. The number of amides is 1. The van der Waals surface area contributed by atoms with E-state index < -0.39 is 17.8 Å². The summed E-state index contributed by atoms with van der Waals surface area (Å²) in [4.78, 5) is 39.7. The standard InChI is InChI=1S/C46H54F4N4O2/c1-43(2,3)35(25-39(55)27-13-17-45(47,48)18-14-27)41-51-26-38(53-41)33-10-9-30-21-29(7-8-31(30)22-33)32-11-12-36-34(23-32)24-37(52-36)40(44(4,5)6)54-42(56)28-15-19-46(49,50)20-16-28/h7-12,21-23,26-28,35,40H,13-20,24-25H2,1-6H3,(H,51,53)(H,54,56)/t35-,40-/m1/s1. The van der Waals surface area contributed by atoms with Crippen LogP contribution in [0.2, 0.25) is 0 Å². The van der Waals surface area contributed by atoms with Crippen LogP contribution in [0.4, 0.5) is 23.2 Å². The monoisotopic (exact) mass is 770 g/mol. The van der Waals surface area contributed by atoms with Gasteiger partial charge in [-0.2, -0.15) is 0 Å². The molecule has 2 N–H and O–H groups in total. The summed E-state index contributed by atoms with van der Waals surface area (Å²) >= 11 is 0. The van der Waals surface area contributed by atoms with Crippen LogP contribution in [-0.2, 0) is 16.0 Å². The molecule has 6 nitrogen and oxygen atoms in total. The molecule has 2 atom stereocenters. The summed E-state index contributed by atoms with van der Waals surface area (Å²) in [5.41, 5.74) is 6.21. The van der Waals surface area contributed by atoms with Crippen LogP contribution in [0.15, 0.2) is 65.8 Å². The van der Waals surface area contributed by atoms with E-state index in [-0.39, 0.29) is 98.2 Å². The average Bonchev–Trinajstić information content (AvgIpc) is 3.78. The quantitative estimate of drug-likeness (QED) is 0.166. The summed E-state index contributed by atoms with van der Waals surface area (Å²) < 4.78 is 55.0. The summed E-state index contributed by atoms with van der Waals surface area (Å²) in [7, 11) is 0. The molecular weight excluding hydrogens is 717 g/mol. The van der Waals surface area contributed by atoms with Crippen molar-refractivity contribution in [3.8, 4) is 22.4 Å². The molecule has 0 unspecified atom stereocenters. The van der Waals surface area contributed by atoms with Crippen molar-refractivity contribution >= 4 is 33.9 Å². The molecule has 0 saturated heterocycles. The Morgan fingerprint density at radius 2 is 1.32 bits per heavy atom. The van der Waals surface area contributed by atoms with E-state index in [1.165, 1.54) is 0 Å². The van der Waals surface area contributed by atoms with Crippen molar-refractivity contribution in [3.05, 3.63) is 72.2 Å². The van der Waals surface area contributed by atoms with E-state index in [1.54, 1.807) is 0 Å². The van der Waals surface area contributed by atoms with Crippen molar-refractivity contribution < 1.29 is 27.2 Å². The van der Waals surface area contributed by atoms with Gasteiger partial charge in [-0.05, 0) is 88.2 Å². The van der Waals surface area contributed by atoms with Crippen LogP contribution in [0.25, 0.3) is 33.2 Å². The molecule has 3 aromatic carbocycles. The molecule has 56 heavy (non-hydrogen) atoms. The van der Waals surface area contributed by atoms with E-state index in [1.807, 2.05) is 12.3 Å². The minimum Gasteiger partial charge on any atom is -0.347 e. The van der Waals surface area contributed by atoms with Crippen molar-refractivity contribution in [2.24, 2.45) is 27.7 Å². The highest BCUT2D eigenvalue weighted by Gasteiger charge is 2.41. The second-order valence-electron chi connectivity index (χ2n) is 18.7. The molecule has 3 aliphatic rings. The van der Waals surface area contributed by atoms with Gasteiger partial charge in [-0.1, -0.05) is 71.9 Å². The number of Topliss-reactive ketones (excluding diaryl/α,β-unsaturated/α-hetero) is 1. The van der Waals surface area contributed by atoms with E-state index in [4.69, 9.17) is 9.98 Å². The Bertz CT molecular complexity index is 2140. The molecule has 2 aliphatic carbocycles. The zero-order valence-electron chi connectivity index (χ0n) is 33.4. The summed E-state index contributed by atoms with van der Waals surface area (Å²) in [5, 5.41) is 5.34. The lowest BCUT2D eigenvalue weighted by atomic mass is 9.74. The third kappa shape index (κ3) is 8.79. The summed E-state index contributed by atoms with van der Waals surface area (Å²) in [6.07, 6.45) is 2.60. The van der Waals surface area contributed by atoms with Crippen LogP contribution in [0.3, 0.4) is 0 Å². The van der Waals surface area contributed by atoms with E-state index in [0.717, 1.165) is 55.9 Å². The lowest BCUT2D eigenvalue weighted by Gasteiger charge is -2.34. The molecule has 0 spiro atoms. The topological polar surface area (TPSA) is 87.2 Å². The summed E-state index contributed by atoms with van der Waals surface area (Å²) in [5.74, 6) is -5.65. The third-order valence-corrected chi connectivity index (χ3v) is 12.3. The number of imidazole rings is 1. The number of alkyl halides is 4. The Morgan fingerprint density at radius 1 is 0.768 bits per heavy atom. The minimum absolute atomic E-state index is 0.0438. The number of carbonyl (C=O) groups is 2. The predicted octanol–water partition coefficient (Wildman–Crippen LogP) is 11.8. The van der Waals surface area contributed by atoms with Crippen LogP contribution in [0.5, 0.6) is 0 Å². The second kappa shape index (κ2) is 14.9. The number of ketones is 1. The van der Waals surface area contributed by atoms with Crippen molar-refractivity contribution in [1.29, 1.82) is 0 Å². The van der Waals surface area contributed by atoms with Crippen LogP contribution >= 0.6 is 0 Å². The van der Waals surface area contributed by atoms with Gasteiger partial charge in [0, 0.05) is 67.6 Å². The van der Waals surface area contributed by atoms with Gasteiger partial charge in [0.05, 0.1) is 23.6 Å². The Kier molecular flexibility index (Phi) is 10.6. The first-order chi connectivity index (χ1) is 26.2. The Balaban J connectivity index is 1.04. The van der Waals surface area contributed by atoms with Crippen LogP contribution < -0.4 is 5.32 Å². The fraction of sp³-hybridized carbons (Fsp3) is 0.522. The molecule has 0 radical (unpaired) electrons. The molecule has 2 fully saturated rings. The van der Waals surface area contributed by atoms with Gasteiger partial charge in [-0.15, -0.1) is 0 Å². The van der Waals surface area contributed by atoms with Gasteiger partial charge >= 0.3 is 0 Å². The number of fused-ring (bicyclic) bond motifs is 2. The Morgan fingerprint density at radius 3 is 1.93 bits per heavy atom.